The van der Waals surface area contributed by atoms with E-state index in [9.17, 15) is 4.79 Å². The molecule has 1 amide bonds. The minimum Gasteiger partial charge on any atom is -0.366 e. The third-order valence-electron chi connectivity index (χ3n) is 6.05. The number of halogens is 2. The fourth-order valence-electron chi connectivity index (χ4n) is 4.22. The van der Waals surface area contributed by atoms with Gasteiger partial charge in [-0.05, 0) is 64.0 Å². The number of fused-ring (bicyclic) bond motifs is 2. The van der Waals surface area contributed by atoms with Crippen LogP contribution >= 0.6 is 27.5 Å². The molecule has 182 valence electrons. The summed E-state index contributed by atoms with van der Waals surface area (Å²) in [5, 5.41) is 12.5. The van der Waals surface area contributed by atoms with Crippen LogP contribution in [0.5, 0.6) is 0 Å². The highest BCUT2D eigenvalue weighted by atomic mass is 79.9. The number of hydrogen-bond acceptors (Lipinski definition) is 4. The maximum absolute atomic E-state index is 12.8. The van der Waals surface area contributed by atoms with Crippen molar-refractivity contribution in [2.75, 3.05) is 10.6 Å². The molecule has 0 atom stereocenters. The van der Waals surface area contributed by atoms with E-state index in [1.807, 2.05) is 85.1 Å². The van der Waals surface area contributed by atoms with Gasteiger partial charge >= 0.3 is 0 Å². The molecule has 0 radical (unpaired) electrons. The summed E-state index contributed by atoms with van der Waals surface area (Å²) in [6, 6.07) is 24.8. The van der Waals surface area contributed by atoms with Gasteiger partial charge in [0.25, 0.3) is 5.91 Å². The number of nitrogens with zero attached hydrogens (tertiary/aromatic N) is 3. The lowest BCUT2D eigenvalue weighted by atomic mass is 10.1. The zero-order chi connectivity index (χ0) is 25.4. The van der Waals surface area contributed by atoms with E-state index in [4.69, 9.17) is 16.6 Å². The first kappa shape index (κ1) is 23.3. The molecular weight excluding hydrogens is 552 g/mol. The first-order chi connectivity index (χ1) is 18.0. The van der Waals surface area contributed by atoms with Crippen LogP contribution in [0.2, 0.25) is 5.02 Å². The lowest BCUT2D eigenvalue weighted by Crippen LogP contribution is -2.12. The molecule has 7 nitrogen and oxygen atoms in total. The van der Waals surface area contributed by atoms with Gasteiger partial charge in [-0.3, -0.25) is 4.79 Å². The van der Waals surface area contributed by atoms with Gasteiger partial charge in [0, 0.05) is 51.5 Å². The van der Waals surface area contributed by atoms with Crippen molar-refractivity contribution in [3.8, 4) is 11.3 Å². The molecule has 3 heterocycles. The van der Waals surface area contributed by atoms with Crippen LogP contribution in [0.3, 0.4) is 0 Å². The predicted octanol–water partition coefficient (Wildman–Crippen LogP) is 7.16. The number of benzene rings is 3. The van der Waals surface area contributed by atoms with Crippen molar-refractivity contribution in [1.82, 2.24) is 19.6 Å². The lowest BCUT2D eigenvalue weighted by Gasteiger charge is -2.13. The van der Waals surface area contributed by atoms with E-state index < -0.39 is 0 Å². The van der Waals surface area contributed by atoms with Gasteiger partial charge in [0.1, 0.15) is 5.82 Å². The summed E-state index contributed by atoms with van der Waals surface area (Å²) in [7, 11) is 0. The fraction of sp³-hybridized carbons (Fsp3) is 0.0357. The van der Waals surface area contributed by atoms with Crippen LogP contribution in [0.4, 0.5) is 11.5 Å². The quantitative estimate of drug-likeness (QED) is 0.198. The second-order valence-corrected chi connectivity index (χ2v) is 9.78. The molecule has 0 saturated heterocycles. The average Bonchev–Trinajstić information content (AvgIpc) is 3.54. The molecule has 0 bridgehead atoms. The highest BCUT2D eigenvalue weighted by Crippen LogP contribution is 2.30. The number of H-pyrrole nitrogens is 1. The third-order valence-corrected chi connectivity index (χ3v) is 6.94. The molecule has 6 aromatic rings. The van der Waals surface area contributed by atoms with Crippen LogP contribution in [0.1, 0.15) is 15.9 Å². The van der Waals surface area contributed by atoms with E-state index in [0.717, 1.165) is 43.7 Å². The Morgan fingerprint density at radius 1 is 1.03 bits per heavy atom. The standard InChI is InChI=1S/C28H20BrClN6O/c29-22-16-33-36-26(14-25(35-27(22)36)21-6-1-2-7-23(21)30)32-15-17-4-3-5-20(12-17)34-28(37)19-8-9-24-18(13-19)10-11-31-24/h1-14,16,31-32H,15H2,(H,34,37). The van der Waals surface area contributed by atoms with E-state index in [-0.39, 0.29) is 5.91 Å². The summed E-state index contributed by atoms with van der Waals surface area (Å²) in [6.45, 7) is 0.511. The minimum absolute atomic E-state index is 0.158. The smallest absolute Gasteiger partial charge is 0.255 e. The van der Waals surface area contributed by atoms with E-state index >= 15 is 0 Å². The number of carbonyl (C=O) groups is 1. The summed E-state index contributed by atoms with van der Waals surface area (Å²) < 4.78 is 2.53. The molecule has 0 aliphatic carbocycles. The summed E-state index contributed by atoms with van der Waals surface area (Å²) in [5.74, 6) is 0.606. The topological polar surface area (TPSA) is 87.1 Å². The first-order valence-corrected chi connectivity index (χ1v) is 12.7. The number of aromatic amines is 1. The number of carbonyl (C=O) groups excluding carboxylic acids is 1. The zero-order valence-corrected chi connectivity index (χ0v) is 21.7. The lowest BCUT2D eigenvalue weighted by molar-refractivity contribution is 0.102. The number of hydrogen-bond donors (Lipinski definition) is 3. The predicted molar refractivity (Wildman–Crippen MR) is 151 cm³/mol. The van der Waals surface area contributed by atoms with Crippen LogP contribution in [-0.4, -0.2) is 25.5 Å². The molecule has 3 aromatic carbocycles. The van der Waals surface area contributed by atoms with E-state index in [1.54, 1.807) is 10.7 Å². The molecular formula is C28H20BrClN6O. The van der Waals surface area contributed by atoms with Crippen molar-refractivity contribution in [1.29, 1.82) is 0 Å². The molecule has 0 aliphatic rings. The van der Waals surface area contributed by atoms with Gasteiger partial charge < -0.3 is 15.6 Å². The molecule has 9 heteroatoms. The molecule has 0 unspecified atom stereocenters. The molecule has 0 fully saturated rings. The Kier molecular flexibility index (Phi) is 6.12. The fourth-order valence-corrected chi connectivity index (χ4v) is 4.80. The molecule has 0 spiro atoms. The van der Waals surface area contributed by atoms with Gasteiger partial charge in [-0.15, -0.1) is 0 Å². The summed E-state index contributed by atoms with van der Waals surface area (Å²) in [5.41, 5.74) is 5.57. The monoisotopic (exact) mass is 570 g/mol. The highest BCUT2D eigenvalue weighted by Gasteiger charge is 2.14. The number of nitrogens with one attached hydrogen (secondary N) is 3. The van der Waals surface area contributed by atoms with Gasteiger partial charge in [-0.25, -0.2) is 4.98 Å². The van der Waals surface area contributed by atoms with Crippen LogP contribution in [0.25, 0.3) is 27.8 Å². The third kappa shape index (κ3) is 4.69. The second-order valence-electron chi connectivity index (χ2n) is 8.52. The Labute approximate surface area is 225 Å². The Balaban J connectivity index is 1.23. The molecule has 3 N–H and O–H groups in total. The molecule has 0 saturated carbocycles. The molecule has 37 heavy (non-hydrogen) atoms. The normalized spacial score (nSPS) is 11.2. The average molecular weight is 572 g/mol. The van der Waals surface area contributed by atoms with Crippen molar-refractivity contribution in [3.63, 3.8) is 0 Å². The van der Waals surface area contributed by atoms with Crippen molar-refractivity contribution in [2.24, 2.45) is 0 Å². The maximum atomic E-state index is 12.8. The van der Waals surface area contributed by atoms with E-state index in [2.05, 4.69) is 36.6 Å². The number of aromatic nitrogens is 4. The van der Waals surface area contributed by atoms with Crippen molar-refractivity contribution in [3.05, 3.63) is 112 Å². The summed E-state index contributed by atoms with van der Waals surface area (Å²) in [6.07, 6.45) is 3.57. The van der Waals surface area contributed by atoms with Gasteiger partial charge in [0.2, 0.25) is 0 Å². The van der Waals surface area contributed by atoms with Crippen LogP contribution in [0.15, 0.2) is 95.7 Å². The van der Waals surface area contributed by atoms with Crippen molar-refractivity contribution >= 4 is 61.5 Å². The summed E-state index contributed by atoms with van der Waals surface area (Å²) >= 11 is 9.98. The van der Waals surface area contributed by atoms with Gasteiger partial charge in [-0.1, -0.05) is 41.9 Å². The Morgan fingerprint density at radius 3 is 2.81 bits per heavy atom. The number of amides is 1. The van der Waals surface area contributed by atoms with Crippen LogP contribution in [-0.2, 0) is 6.54 Å². The van der Waals surface area contributed by atoms with E-state index in [0.29, 0.717) is 22.8 Å². The van der Waals surface area contributed by atoms with Gasteiger partial charge in [-0.2, -0.15) is 9.61 Å². The molecule has 3 aromatic heterocycles. The van der Waals surface area contributed by atoms with Gasteiger partial charge in [0.15, 0.2) is 5.65 Å². The highest BCUT2D eigenvalue weighted by molar-refractivity contribution is 9.10. The Morgan fingerprint density at radius 2 is 1.92 bits per heavy atom. The van der Waals surface area contributed by atoms with Crippen molar-refractivity contribution in [2.45, 2.75) is 6.54 Å². The van der Waals surface area contributed by atoms with Crippen molar-refractivity contribution < 1.29 is 4.79 Å². The second kappa shape index (κ2) is 9.72. The number of anilines is 2. The van der Waals surface area contributed by atoms with Gasteiger partial charge in [0.05, 0.1) is 16.4 Å². The number of rotatable bonds is 6. The molecule has 0 aliphatic heterocycles. The summed E-state index contributed by atoms with van der Waals surface area (Å²) in [4.78, 5) is 20.7. The largest absolute Gasteiger partial charge is 0.366 e. The Bertz CT molecular complexity index is 1780. The minimum atomic E-state index is -0.158. The first-order valence-electron chi connectivity index (χ1n) is 11.6. The maximum Gasteiger partial charge on any atom is 0.255 e. The van der Waals surface area contributed by atoms with Crippen LogP contribution in [0, 0.1) is 0 Å². The zero-order valence-electron chi connectivity index (χ0n) is 19.4. The Hall–Kier alpha value is -4.14. The van der Waals surface area contributed by atoms with E-state index in [1.165, 1.54) is 0 Å². The van der Waals surface area contributed by atoms with Crippen LogP contribution < -0.4 is 10.6 Å². The SMILES string of the molecule is O=C(Nc1cccc(CNc2cc(-c3ccccc3Cl)nc3c(Br)cnn23)c1)c1ccc2[nH]ccc2c1. The molecule has 6 rings (SSSR count).